The highest BCUT2D eigenvalue weighted by Crippen LogP contribution is 2.28. The standard InChI is InChI=1S/C24H20N4O4/c1-31-21-11-10-18(13-22(21)32-2)23(29)27-20-9-4-3-8-19(20)24(30)28-26-15-17-7-5-6-16(12-17)14-25/h3-13,15H,1-2H3,(H,27,29)(H,28,30)/b26-15+. The Kier molecular flexibility index (Phi) is 7.17. The molecule has 3 aromatic rings. The highest BCUT2D eigenvalue weighted by molar-refractivity contribution is 6.09. The van der Waals surface area contributed by atoms with Crippen LogP contribution in [0.15, 0.2) is 71.8 Å². The first-order chi connectivity index (χ1) is 15.5. The number of amides is 2. The maximum atomic E-state index is 12.7. The molecule has 0 unspecified atom stereocenters. The second-order valence-corrected chi connectivity index (χ2v) is 6.51. The summed E-state index contributed by atoms with van der Waals surface area (Å²) in [4.78, 5) is 25.3. The van der Waals surface area contributed by atoms with Gasteiger partial charge in [-0.15, -0.1) is 0 Å². The first-order valence-electron chi connectivity index (χ1n) is 9.51. The van der Waals surface area contributed by atoms with Crippen molar-refractivity contribution in [3.05, 3.63) is 89.0 Å². The Morgan fingerprint density at radius 3 is 2.47 bits per heavy atom. The van der Waals surface area contributed by atoms with E-state index in [-0.39, 0.29) is 5.56 Å². The summed E-state index contributed by atoms with van der Waals surface area (Å²) in [5.41, 5.74) is 4.49. The molecule has 0 aliphatic heterocycles. The number of carbonyl (C=O) groups is 2. The highest BCUT2D eigenvalue weighted by atomic mass is 16.5. The number of hydrogen-bond donors (Lipinski definition) is 2. The summed E-state index contributed by atoms with van der Waals surface area (Å²) in [6.07, 6.45) is 1.43. The van der Waals surface area contributed by atoms with Crippen molar-refractivity contribution in [2.75, 3.05) is 19.5 Å². The molecule has 3 aromatic carbocycles. The van der Waals surface area contributed by atoms with E-state index >= 15 is 0 Å². The fraction of sp³-hybridized carbons (Fsp3) is 0.0833. The van der Waals surface area contributed by atoms with Gasteiger partial charge in [-0.05, 0) is 48.0 Å². The van der Waals surface area contributed by atoms with Gasteiger partial charge < -0.3 is 14.8 Å². The molecule has 8 heteroatoms. The number of para-hydroxylation sites is 1. The molecule has 0 saturated heterocycles. The van der Waals surface area contributed by atoms with Crippen LogP contribution in [0.1, 0.15) is 31.8 Å². The molecule has 0 bridgehead atoms. The lowest BCUT2D eigenvalue weighted by molar-refractivity contribution is 0.0956. The van der Waals surface area contributed by atoms with Crippen molar-refractivity contribution < 1.29 is 19.1 Å². The average molecular weight is 428 g/mol. The number of carbonyl (C=O) groups excluding carboxylic acids is 2. The summed E-state index contributed by atoms with van der Waals surface area (Å²) < 4.78 is 10.4. The Bertz CT molecular complexity index is 1210. The SMILES string of the molecule is COc1ccc(C(=O)Nc2ccccc2C(=O)N/N=C/c2cccc(C#N)c2)cc1OC. The number of methoxy groups -OCH3 is 2. The zero-order chi connectivity index (χ0) is 22.9. The molecular formula is C24H20N4O4. The number of nitriles is 1. The van der Waals surface area contributed by atoms with Crippen molar-refractivity contribution in [1.82, 2.24) is 5.43 Å². The van der Waals surface area contributed by atoms with Crippen molar-refractivity contribution in [1.29, 1.82) is 5.26 Å². The van der Waals surface area contributed by atoms with Crippen LogP contribution in [0.2, 0.25) is 0 Å². The van der Waals surface area contributed by atoms with Gasteiger partial charge in [-0.2, -0.15) is 10.4 Å². The van der Waals surface area contributed by atoms with E-state index in [1.54, 1.807) is 66.7 Å². The van der Waals surface area contributed by atoms with Gasteiger partial charge in [0.15, 0.2) is 11.5 Å². The molecule has 0 radical (unpaired) electrons. The van der Waals surface area contributed by atoms with Gasteiger partial charge in [0.25, 0.3) is 11.8 Å². The van der Waals surface area contributed by atoms with Crippen molar-refractivity contribution in [2.45, 2.75) is 0 Å². The third kappa shape index (κ3) is 5.29. The number of benzene rings is 3. The van der Waals surface area contributed by atoms with Gasteiger partial charge in [0.05, 0.1) is 43.3 Å². The molecule has 0 atom stereocenters. The van der Waals surface area contributed by atoms with Gasteiger partial charge in [0.2, 0.25) is 0 Å². The number of hydrazone groups is 1. The number of anilines is 1. The normalized spacial score (nSPS) is 10.3. The fourth-order valence-electron chi connectivity index (χ4n) is 2.88. The Morgan fingerprint density at radius 2 is 1.72 bits per heavy atom. The van der Waals surface area contributed by atoms with Crippen LogP contribution in [0.3, 0.4) is 0 Å². The predicted molar refractivity (Wildman–Crippen MR) is 120 cm³/mol. The lowest BCUT2D eigenvalue weighted by Crippen LogP contribution is -2.21. The molecule has 3 rings (SSSR count). The van der Waals surface area contributed by atoms with Crippen LogP contribution in [-0.2, 0) is 0 Å². The lowest BCUT2D eigenvalue weighted by Gasteiger charge is -2.12. The van der Waals surface area contributed by atoms with E-state index in [2.05, 4.69) is 15.8 Å². The molecule has 0 fully saturated rings. The molecule has 0 aliphatic rings. The summed E-state index contributed by atoms with van der Waals surface area (Å²) >= 11 is 0. The van der Waals surface area contributed by atoms with Crippen molar-refractivity contribution >= 4 is 23.7 Å². The Morgan fingerprint density at radius 1 is 0.938 bits per heavy atom. The minimum Gasteiger partial charge on any atom is -0.493 e. The molecular weight excluding hydrogens is 408 g/mol. The third-order valence-electron chi connectivity index (χ3n) is 4.46. The highest BCUT2D eigenvalue weighted by Gasteiger charge is 2.15. The molecule has 0 aromatic heterocycles. The van der Waals surface area contributed by atoms with Crippen molar-refractivity contribution in [3.8, 4) is 17.6 Å². The zero-order valence-electron chi connectivity index (χ0n) is 17.5. The molecule has 160 valence electrons. The molecule has 0 aliphatic carbocycles. The molecule has 2 amide bonds. The second-order valence-electron chi connectivity index (χ2n) is 6.51. The average Bonchev–Trinajstić information content (AvgIpc) is 2.83. The number of nitrogens with zero attached hydrogens (tertiary/aromatic N) is 2. The van der Waals surface area contributed by atoms with Crippen LogP contribution in [-0.4, -0.2) is 32.2 Å². The Labute approximate surface area is 185 Å². The van der Waals surface area contributed by atoms with E-state index in [1.165, 1.54) is 20.4 Å². The lowest BCUT2D eigenvalue weighted by atomic mass is 10.1. The molecule has 0 saturated carbocycles. The number of nitrogens with one attached hydrogen (secondary N) is 2. The number of rotatable bonds is 7. The van der Waals surface area contributed by atoms with Gasteiger partial charge in [0.1, 0.15) is 0 Å². The van der Waals surface area contributed by atoms with E-state index in [4.69, 9.17) is 14.7 Å². The molecule has 0 spiro atoms. The minimum absolute atomic E-state index is 0.240. The van der Waals surface area contributed by atoms with Crippen LogP contribution in [0.4, 0.5) is 5.69 Å². The van der Waals surface area contributed by atoms with Gasteiger partial charge in [-0.3, -0.25) is 9.59 Å². The summed E-state index contributed by atoms with van der Waals surface area (Å²) in [5, 5.41) is 15.6. The van der Waals surface area contributed by atoms with Crippen LogP contribution in [0, 0.1) is 11.3 Å². The van der Waals surface area contributed by atoms with Crippen molar-refractivity contribution in [3.63, 3.8) is 0 Å². The van der Waals surface area contributed by atoms with E-state index in [0.717, 1.165) is 0 Å². The summed E-state index contributed by atoms with van der Waals surface area (Å²) in [7, 11) is 2.99. The van der Waals surface area contributed by atoms with Gasteiger partial charge in [-0.25, -0.2) is 5.43 Å². The van der Waals surface area contributed by atoms with Crippen LogP contribution >= 0.6 is 0 Å². The van der Waals surface area contributed by atoms with E-state index in [9.17, 15) is 9.59 Å². The van der Waals surface area contributed by atoms with Gasteiger partial charge in [0, 0.05) is 5.56 Å². The predicted octanol–water partition coefficient (Wildman–Crippen LogP) is 3.59. The molecule has 8 nitrogen and oxygen atoms in total. The summed E-state index contributed by atoms with van der Waals surface area (Å²) in [6.45, 7) is 0. The smallest absolute Gasteiger partial charge is 0.273 e. The van der Waals surface area contributed by atoms with Crippen molar-refractivity contribution in [2.24, 2.45) is 5.10 Å². The Hall–Kier alpha value is -4.64. The number of hydrogen-bond acceptors (Lipinski definition) is 6. The first kappa shape index (κ1) is 22.1. The van der Waals surface area contributed by atoms with E-state index in [1.807, 2.05) is 6.07 Å². The van der Waals surface area contributed by atoms with Crippen LogP contribution in [0.25, 0.3) is 0 Å². The quantitative estimate of drug-likeness (QED) is 0.441. The minimum atomic E-state index is -0.499. The molecule has 2 N–H and O–H groups in total. The largest absolute Gasteiger partial charge is 0.493 e. The van der Waals surface area contributed by atoms with E-state index < -0.39 is 11.8 Å². The topological polar surface area (TPSA) is 113 Å². The summed E-state index contributed by atoms with van der Waals surface area (Å²) in [5.74, 6) is 0.00639. The monoisotopic (exact) mass is 428 g/mol. The van der Waals surface area contributed by atoms with Gasteiger partial charge >= 0.3 is 0 Å². The first-order valence-corrected chi connectivity index (χ1v) is 9.51. The van der Waals surface area contributed by atoms with Gasteiger partial charge in [-0.1, -0.05) is 24.3 Å². The fourth-order valence-corrected chi connectivity index (χ4v) is 2.88. The second kappa shape index (κ2) is 10.4. The van der Waals surface area contributed by atoms with Crippen LogP contribution < -0.4 is 20.2 Å². The molecule has 0 heterocycles. The van der Waals surface area contributed by atoms with Crippen LogP contribution in [0.5, 0.6) is 11.5 Å². The Balaban J connectivity index is 1.74. The van der Waals surface area contributed by atoms with E-state index in [0.29, 0.717) is 33.9 Å². The maximum Gasteiger partial charge on any atom is 0.273 e. The zero-order valence-corrected chi connectivity index (χ0v) is 17.5. The maximum absolute atomic E-state index is 12.7. The summed E-state index contributed by atoms with van der Waals surface area (Å²) in [6, 6.07) is 20.2. The number of ether oxygens (including phenoxy) is 2. The molecule has 32 heavy (non-hydrogen) atoms. The third-order valence-corrected chi connectivity index (χ3v) is 4.46.